The SMILES string of the molecule is CC1(C)CNCC[C@H]1CN1CCNCC1. The van der Waals surface area contributed by atoms with Gasteiger partial charge >= 0.3 is 0 Å². The fourth-order valence-corrected chi connectivity index (χ4v) is 2.77. The van der Waals surface area contributed by atoms with Gasteiger partial charge in [0.25, 0.3) is 0 Å². The average Bonchev–Trinajstić information content (AvgIpc) is 2.23. The normalized spacial score (nSPS) is 32.8. The van der Waals surface area contributed by atoms with E-state index < -0.39 is 0 Å². The lowest BCUT2D eigenvalue weighted by atomic mass is 9.74. The Kier molecular flexibility index (Phi) is 3.65. The summed E-state index contributed by atoms with van der Waals surface area (Å²) in [6, 6.07) is 0. The molecule has 15 heavy (non-hydrogen) atoms. The van der Waals surface area contributed by atoms with Crippen LogP contribution < -0.4 is 10.6 Å². The Labute approximate surface area is 93.6 Å². The highest BCUT2D eigenvalue weighted by Gasteiger charge is 2.33. The molecule has 0 spiro atoms. The molecule has 0 aromatic carbocycles. The molecule has 2 fully saturated rings. The third kappa shape index (κ3) is 2.92. The predicted octanol–water partition coefficient (Wildman–Crippen LogP) is 0.527. The molecule has 2 saturated heterocycles. The summed E-state index contributed by atoms with van der Waals surface area (Å²) in [5.41, 5.74) is 0.475. The zero-order valence-electron chi connectivity index (χ0n) is 10.2. The van der Waals surface area contributed by atoms with Gasteiger partial charge < -0.3 is 15.5 Å². The second-order valence-electron chi connectivity index (χ2n) is 5.70. The number of piperazine rings is 1. The maximum Gasteiger partial charge on any atom is 0.0107 e. The predicted molar refractivity (Wildman–Crippen MR) is 64.1 cm³/mol. The van der Waals surface area contributed by atoms with Crippen molar-refractivity contribution in [2.75, 3.05) is 45.8 Å². The van der Waals surface area contributed by atoms with E-state index in [1.165, 1.54) is 52.2 Å². The molecule has 2 heterocycles. The van der Waals surface area contributed by atoms with Gasteiger partial charge in [-0.05, 0) is 24.3 Å². The highest BCUT2D eigenvalue weighted by Crippen LogP contribution is 2.32. The van der Waals surface area contributed by atoms with Gasteiger partial charge in [-0.1, -0.05) is 13.8 Å². The van der Waals surface area contributed by atoms with E-state index in [1.807, 2.05) is 0 Å². The van der Waals surface area contributed by atoms with E-state index in [-0.39, 0.29) is 0 Å². The molecule has 3 heteroatoms. The number of nitrogens with one attached hydrogen (secondary N) is 2. The van der Waals surface area contributed by atoms with Crippen LogP contribution in [0.2, 0.25) is 0 Å². The Balaban J connectivity index is 1.85. The van der Waals surface area contributed by atoms with Crippen molar-refractivity contribution in [1.82, 2.24) is 15.5 Å². The maximum atomic E-state index is 3.51. The van der Waals surface area contributed by atoms with Crippen molar-refractivity contribution in [2.24, 2.45) is 11.3 Å². The van der Waals surface area contributed by atoms with Gasteiger partial charge in [-0.15, -0.1) is 0 Å². The third-order valence-corrected chi connectivity index (χ3v) is 4.04. The highest BCUT2D eigenvalue weighted by atomic mass is 15.2. The molecule has 0 bridgehead atoms. The zero-order chi connectivity index (χ0) is 10.7. The molecule has 0 saturated carbocycles. The van der Waals surface area contributed by atoms with Crippen LogP contribution in [0.4, 0.5) is 0 Å². The van der Waals surface area contributed by atoms with Crippen molar-refractivity contribution in [1.29, 1.82) is 0 Å². The Morgan fingerprint density at radius 1 is 1.13 bits per heavy atom. The lowest BCUT2D eigenvalue weighted by molar-refractivity contribution is 0.0955. The molecule has 2 aliphatic rings. The number of hydrogen-bond donors (Lipinski definition) is 2. The molecule has 0 amide bonds. The Morgan fingerprint density at radius 2 is 1.87 bits per heavy atom. The number of nitrogens with zero attached hydrogens (tertiary/aromatic N) is 1. The topological polar surface area (TPSA) is 27.3 Å². The molecule has 3 nitrogen and oxygen atoms in total. The van der Waals surface area contributed by atoms with Gasteiger partial charge in [0.2, 0.25) is 0 Å². The smallest absolute Gasteiger partial charge is 0.0107 e. The van der Waals surface area contributed by atoms with Gasteiger partial charge in [0.15, 0.2) is 0 Å². The minimum absolute atomic E-state index is 0.475. The van der Waals surface area contributed by atoms with Crippen LogP contribution in [0.5, 0.6) is 0 Å². The molecule has 0 radical (unpaired) electrons. The second kappa shape index (κ2) is 4.81. The summed E-state index contributed by atoms with van der Waals surface area (Å²) >= 11 is 0. The Morgan fingerprint density at radius 3 is 2.53 bits per heavy atom. The van der Waals surface area contributed by atoms with Crippen LogP contribution in [0, 0.1) is 11.3 Å². The Bertz CT molecular complexity index is 197. The molecule has 0 aromatic rings. The monoisotopic (exact) mass is 211 g/mol. The van der Waals surface area contributed by atoms with Crippen molar-refractivity contribution in [3.05, 3.63) is 0 Å². The molecule has 2 aliphatic heterocycles. The van der Waals surface area contributed by atoms with Crippen LogP contribution >= 0.6 is 0 Å². The van der Waals surface area contributed by atoms with E-state index >= 15 is 0 Å². The molecular formula is C12H25N3. The molecule has 0 unspecified atom stereocenters. The number of piperidine rings is 1. The van der Waals surface area contributed by atoms with E-state index in [4.69, 9.17) is 0 Å². The summed E-state index contributed by atoms with van der Waals surface area (Å²) in [7, 11) is 0. The first-order valence-electron chi connectivity index (χ1n) is 6.32. The first-order chi connectivity index (χ1) is 7.18. The maximum absolute atomic E-state index is 3.51. The number of hydrogen-bond acceptors (Lipinski definition) is 3. The summed E-state index contributed by atoms with van der Waals surface area (Å²) in [5, 5.41) is 6.93. The molecule has 88 valence electrons. The molecular weight excluding hydrogens is 186 g/mol. The lowest BCUT2D eigenvalue weighted by Crippen LogP contribution is -2.51. The molecule has 2 rings (SSSR count). The summed E-state index contributed by atoms with van der Waals surface area (Å²) in [6.45, 7) is 13.3. The molecule has 2 N–H and O–H groups in total. The minimum Gasteiger partial charge on any atom is -0.316 e. The lowest BCUT2D eigenvalue weighted by Gasteiger charge is -2.42. The molecule has 1 atom stereocenters. The van der Waals surface area contributed by atoms with Crippen LogP contribution in [-0.2, 0) is 0 Å². The number of rotatable bonds is 2. The summed E-state index contributed by atoms with van der Waals surface area (Å²) in [6.07, 6.45) is 1.34. The second-order valence-corrected chi connectivity index (χ2v) is 5.70. The molecule has 0 aromatic heterocycles. The fraction of sp³-hybridized carbons (Fsp3) is 1.00. The van der Waals surface area contributed by atoms with Gasteiger partial charge in [-0.2, -0.15) is 0 Å². The van der Waals surface area contributed by atoms with Crippen molar-refractivity contribution in [3.8, 4) is 0 Å². The van der Waals surface area contributed by atoms with Gasteiger partial charge in [0, 0.05) is 39.3 Å². The highest BCUT2D eigenvalue weighted by molar-refractivity contribution is 4.87. The van der Waals surface area contributed by atoms with Gasteiger partial charge in [0.05, 0.1) is 0 Å². The van der Waals surface area contributed by atoms with Crippen LogP contribution in [0.3, 0.4) is 0 Å². The van der Waals surface area contributed by atoms with Crippen molar-refractivity contribution in [2.45, 2.75) is 20.3 Å². The fourth-order valence-electron chi connectivity index (χ4n) is 2.77. The van der Waals surface area contributed by atoms with Gasteiger partial charge in [-0.3, -0.25) is 0 Å². The van der Waals surface area contributed by atoms with Gasteiger partial charge in [-0.25, -0.2) is 0 Å². The Hall–Kier alpha value is -0.120. The van der Waals surface area contributed by atoms with E-state index in [0.717, 1.165) is 5.92 Å². The first kappa shape index (κ1) is 11.4. The largest absolute Gasteiger partial charge is 0.316 e. The van der Waals surface area contributed by atoms with Crippen molar-refractivity contribution in [3.63, 3.8) is 0 Å². The van der Waals surface area contributed by atoms with Gasteiger partial charge in [0.1, 0.15) is 0 Å². The zero-order valence-corrected chi connectivity index (χ0v) is 10.2. The molecule has 0 aliphatic carbocycles. The standard InChI is InChI=1S/C12H25N3/c1-12(2)10-14-4-3-11(12)9-15-7-5-13-6-8-15/h11,13-14H,3-10H2,1-2H3/t11-/m0/s1. The third-order valence-electron chi connectivity index (χ3n) is 4.04. The quantitative estimate of drug-likeness (QED) is 0.697. The van der Waals surface area contributed by atoms with E-state index in [9.17, 15) is 0 Å². The van der Waals surface area contributed by atoms with E-state index in [0.29, 0.717) is 5.41 Å². The van der Waals surface area contributed by atoms with Crippen molar-refractivity contribution < 1.29 is 0 Å². The van der Waals surface area contributed by atoms with Crippen LogP contribution in [0.15, 0.2) is 0 Å². The van der Waals surface area contributed by atoms with E-state index in [2.05, 4.69) is 29.4 Å². The first-order valence-corrected chi connectivity index (χ1v) is 6.32. The minimum atomic E-state index is 0.475. The summed E-state index contributed by atoms with van der Waals surface area (Å²) in [5.74, 6) is 0.872. The summed E-state index contributed by atoms with van der Waals surface area (Å²) < 4.78 is 0. The van der Waals surface area contributed by atoms with Crippen LogP contribution in [0.1, 0.15) is 20.3 Å². The summed E-state index contributed by atoms with van der Waals surface area (Å²) in [4.78, 5) is 2.63. The van der Waals surface area contributed by atoms with Crippen LogP contribution in [-0.4, -0.2) is 50.7 Å². The van der Waals surface area contributed by atoms with Crippen molar-refractivity contribution >= 4 is 0 Å². The van der Waals surface area contributed by atoms with E-state index in [1.54, 1.807) is 0 Å². The average molecular weight is 211 g/mol. The van der Waals surface area contributed by atoms with Crippen LogP contribution in [0.25, 0.3) is 0 Å².